The summed E-state index contributed by atoms with van der Waals surface area (Å²) in [5.74, 6) is -0.300. The summed E-state index contributed by atoms with van der Waals surface area (Å²) >= 11 is 0. The van der Waals surface area contributed by atoms with Crippen LogP contribution in [0.4, 0.5) is 5.69 Å². The Morgan fingerprint density at radius 2 is 2.10 bits per heavy atom. The molecule has 1 amide bonds. The van der Waals surface area contributed by atoms with Gasteiger partial charge in [0, 0.05) is 19.2 Å². The van der Waals surface area contributed by atoms with Crippen LogP contribution in [0.25, 0.3) is 0 Å². The number of para-hydroxylation sites is 2. The number of hydrogen-bond donors (Lipinski definition) is 2. The molecular formula is C14H20N2O5. The summed E-state index contributed by atoms with van der Waals surface area (Å²) in [6, 6.07) is 5.89. The van der Waals surface area contributed by atoms with E-state index in [4.69, 9.17) is 9.84 Å². The van der Waals surface area contributed by atoms with Crippen LogP contribution in [0.15, 0.2) is 24.3 Å². The fraction of sp³-hybridized carbons (Fsp3) is 0.500. The highest BCUT2D eigenvalue weighted by atomic mass is 16.6. The van der Waals surface area contributed by atoms with Crippen molar-refractivity contribution in [3.05, 3.63) is 34.4 Å². The molecule has 1 rings (SSSR count). The van der Waals surface area contributed by atoms with Crippen molar-refractivity contribution in [2.75, 3.05) is 19.8 Å². The Morgan fingerprint density at radius 1 is 1.43 bits per heavy atom. The summed E-state index contributed by atoms with van der Waals surface area (Å²) < 4.78 is 5.18. The molecule has 0 bridgehead atoms. The second-order valence-electron chi connectivity index (χ2n) is 5.43. The molecule has 21 heavy (non-hydrogen) atoms. The van der Waals surface area contributed by atoms with Crippen molar-refractivity contribution in [1.29, 1.82) is 0 Å². The minimum absolute atomic E-state index is 0.0512. The second kappa shape index (κ2) is 7.58. The zero-order chi connectivity index (χ0) is 15.9. The van der Waals surface area contributed by atoms with Crippen molar-refractivity contribution in [2.45, 2.75) is 20.3 Å². The third-order valence-electron chi connectivity index (χ3n) is 2.97. The third-order valence-corrected chi connectivity index (χ3v) is 2.97. The average Bonchev–Trinajstić information content (AvgIpc) is 2.43. The minimum atomic E-state index is -0.558. The zero-order valence-corrected chi connectivity index (χ0v) is 12.2. The van der Waals surface area contributed by atoms with Gasteiger partial charge in [-0.2, -0.15) is 0 Å². The van der Waals surface area contributed by atoms with Gasteiger partial charge in [0.05, 0.1) is 4.92 Å². The Labute approximate surface area is 123 Å². The highest BCUT2D eigenvalue weighted by Crippen LogP contribution is 2.25. The van der Waals surface area contributed by atoms with Gasteiger partial charge in [0.1, 0.15) is 0 Å². The quantitative estimate of drug-likeness (QED) is 0.559. The number of aliphatic hydroxyl groups excluding tert-OH is 1. The van der Waals surface area contributed by atoms with E-state index in [1.807, 2.05) is 13.8 Å². The van der Waals surface area contributed by atoms with E-state index in [1.165, 1.54) is 18.2 Å². The number of nitro groups is 1. The van der Waals surface area contributed by atoms with E-state index >= 15 is 0 Å². The number of hydrogen-bond acceptors (Lipinski definition) is 5. The maximum Gasteiger partial charge on any atom is 0.310 e. The fourth-order valence-corrected chi connectivity index (χ4v) is 1.65. The molecule has 0 saturated heterocycles. The van der Waals surface area contributed by atoms with Crippen LogP contribution in [0, 0.1) is 15.5 Å². The van der Waals surface area contributed by atoms with Crippen LogP contribution >= 0.6 is 0 Å². The number of carbonyl (C=O) groups excluding carboxylic acids is 1. The molecule has 1 aromatic carbocycles. The normalized spacial score (nSPS) is 11.0. The van der Waals surface area contributed by atoms with Crippen LogP contribution in [0.2, 0.25) is 0 Å². The molecule has 0 heterocycles. The van der Waals surface area contributed by atoms with Gasteiger partial charge in [0.25, 0.3) is 5.91 Å². The fourth-order valence-electron chi connectivity index (χ4n) is 1.65. The van der Waals surface area contributed by atoms with Gasteiger partial charge in [-0.05, 0) is 17.9 Å². The molecule has 1 aromatic rings. The Hall–Kier alpha value is -2.15. The number of benzene rings is 1. The van der Waals surface area contributed by atoms with Crippen molar-refractivity contribution >= 4 is 11.6 Å². The summed E-state index contributed by atoms with van der Waals surface area (Å²) in [5.41, 5.74) is -0.394. The van der Waals surface area contributed by atoms with Crippen molar-refractivity contribution in [1.82, 2.24) is 5.32 Å². The second-order valence-corrected chi connectivity index (χ2v) is 5.43. The van der Waals surface area contributed by atoms with Gasteiger partial charge in [0.15, 0.2) is 12.4 Å². The molecule has 7 heteroatoms. The van der Waals surface area contributed by atoms with E-state index in [9.17, 15) is 14.9 Å². The van der Waals surface area contributed by atoms with Crippen LogP contribution in [0.3, 0.4) is 0 Å². The van der Waals surface area contributed by atoms with E-state index in [2.05, 4.69) is 5.32 Å². The SMILES string of the molecule is CC(C)(CCO)CNC(=O)COc1ccccc1[N+](=O)[O-]. The predicted octanol–water partition coefficient (Wildman–Crippen LogP) is 1.50. The third kappa shape index (κ3) is 5.78. The van der Waals surface area contributed by atoms with E-state index in [0.717, 1.165) is 0 Å². The molecule has 0 aliphatic carbocycles. The predicted molar refractivity (Wildman–Crippen MR) is 77.1 cm³/mol. The van der Waals surface area contributed by atoms with Crippen molar-refractivity contribution in [3.63, 3.8) is 0 Å². The standard InChI is InChI=1S/C14H20N2O5/c1-14(2,7-8-17)10-15-13(18)9-21-12-6-4-3-5-11(12)16(19)20/h3-6,17H,7-10H2,1-2H3,(H,15,18). The monoisotopic (exact) mass is 296 g/mol. The van der Waals surface area contributed by atoms with Gasteiger partial charge in [-0.15, -0.1) is 0 Å². The van der Waals surface area contributed by atoms with Crippen molar-refractivity contribution in [3.8, 4) is 5.75 Å². The average molecular weight is 296 g/mol. The van der Waals surface area contributed by atoms with Gasteiger partial charge in [-0.3, -0.25) is 14.9 Å². The first-order valence-electron chi connectivity index (χ1n) is 6.59. The van der Waals surface area contributed by atoms with E-state index < -0.39 is 4.92 Å². The number of nitrogens with zero attached hydrogens (tertiary/aromatic N) is 1. The zero-order valence-electron chi connectivity index (χ0n) is 12.2. The Balaban J connectivity index is 2.49. The molecule has 0 radical (unpaired) electrons. The summed E-state index contributed by atoms with van der Waals surface area (Å²) in [7, 11) is 0. The maximum absolute atomic E-state index is 11.7. The van der Waals surface area contributed by atoms with Crippen molar-refractivity contribution < 1.29 is 19.6 Å². The van der Waals surface area contributed by atoms with Crippen LogP contribution in [0.1, 0.15) is 20.3 Å². The molecule has 0 atom stereocenters. The van der Waals surface area contributed by atoms with Crippen molar-refractivity contribution in [2.24, 2.45) is 5.41 Å². The minimum Gasteiger partial charge on any atom is -0.477 e. The molecule has 0 aliphatic rings. The van der Waals surface area contributed by atoms with Crippen LogP contribution < -0.4 is 10.1 Å². The molecule has 7 nitrogen and oxygen atoms in total. The lowest BCUT2D eigenvalue weighted by molar-refractivity contribution is -0.385. The topological polar surface area (TPSA) is 102 Å². The number of aliphatic hydroxyl groups is 1. The lowest BCUT2D eigenvalue weighted by atomic mass is 9.90. The van der Waals surface area contributed by atoms with Gasteiger partial charge in [-0.1, -0.05) is 26.0 Å². The summed E-state index contributed by atoms with van der Waals surface area (Å²) in [6.45, 7) is 4.00. The molecule has 116 valence electrons. The van der Waals surface area contributed by atoms with Crippen LogP contribution in [-0.2, 0) is 4.79 Å². The van der Waals surface area contributed by atoms with Gasteiger partial charge >= 0.3 is 5.69 Å². The number of carbonyl (C=O) groups is 1. The molecule has 2 N–H and O–H groups in total. The van der Waals surface area contributed by atoms with E-state index in [-0.39, 0.29) is 36.0 Å². The van der Waals surface area contributed by atoms with Crippen LogP contribution in [-0.4, -0.2) is 35.7 Å². The van der Waals surface area contributed by atoms with Gasteiger partial charge < -0.3 is 15.2 Å². The lowest BCUT2D eigenvalue weighted by Gasteiger charge is -2.23. The van der Waals surface area contributed by atoms with Crippen LogP contribution in [0.5, 0.6) is 5.75 Å². The Bertz CT molecular complexity index is 502. The number of amides is 1. The first-order chi connectivity index (χ1) is 9.85. The number of nitrogens with one attached hydrogen (secondary N) is 1. The number of ether oxygens (including phenoxy) is 1. The number of rotatable bonds is 8. The van der Waals surface area contributed by atoms with E-state index in [0.29, 0.717) is 13.0 Å². The highest BCUT2D eigenvalue weighted by molar-refractivity contribution is 5.77. The summed E-state index contributed by atoms with van der Waals surface area (Å²) in [5, 5.41) is 22.4. The molecule has 0 unspecified atom stereocenters. The Morgan fingerprint density at radius 3 is 2.71 bits per heavy atom. The Kier molecular flexibility index (Phi) is 6.10. The van der Waals surface area contributed by atoms with Gasteiger partial charge in [0.2, 0.25) is 0 Å². The van der Waals surface area contributed by atoms with Gasteiger partial charge in [-0.25, -0.2) is 0 Å². The smallest absolute Gasteiger partial charge is 0.310 e. The first-order valence-corrected chi connectivity index (χ1v) is 6.59. The molecule has 0 spiro atoms. The maximum atomic E-state index is 11.7. The highest BCUT2D eigenvalue weighted by Gasteiger charge is 2.19. The molecule has 0 saturated carbocycles. The first kappa shape index (κ1) is 16.9. The molecular weight excluding hydrogens is 276 g/mol. The molecule has 0 fully saturated rings. The molecule has 0 aromatic heterocycles. The number of nitro benzene ring substituents is 1. The lowest BCUT2D eigenvalue weighted by Crippen LogP contribution is -2.37. The molecule has 0 aliphatic heterocycles. The van der Waals surface area contributed by atoms with E-state index in [1.54, 1.807) is 6.07 Å². The summed E-state index contributed by atoms with van der Waals surface area (Å²) in [4.78, 5) is 21.9. The summed E-state index contributed by atoms with van der Waals surface area (Å²) in [6.07, 6.45) is 0.568. The largest absolute Gasteiger partial charge is 0.477 e.